The molecule has 0 aliphatic carbocycles. The molecule has 1 unspecified atom stereocenters. The van der Waals surface area contributed by atoms with Crippen molar-refractivity contribution in [1.82, 2.24) is 0 Å². The number of carbonyl (C=O) groups is 1. The number of unbranched alkanes of at least 4 members (excludes halogenated alkanes) is 2. The maximum absolute atomic E-state index is 11.6. The van der Waals surface area contributed by atoms with E-state index in [1.807, 2.05) is 0 Å². The molecule has 2 heteroatoms. The van der Waals surface area contributed by atoms with Gasteiger partial charge in [0.25, 0.3) is 0 Å². The molecule has 2 nitrogen and oxygen atoms in total. The third-order valence-electron chi connectivity index (χ3n) is 2.72. The molecule has 0 saturated heterocycles. The van der Waals surface area contributed by atoms with Gasteiger partial charge in [-0.2, -0.15) is 0 Å². The van der Waals surface area contributed by atoms with Gasteiger partial charge in [0.2, 0.25) is 0 Å². The molecule has 100 valence electrons. The summed E-state index contributed by atoms with van der Waals surface area (Å²) in [6.45, 7) is 12.3. The Bertz CT molecular complexity index is 226. The quantitative estimate of drug-likeness (QED) is 0.355. The van der Waals surface area contributed by atoms with E-state index in [-0.39, 0.29) is 17.5 Å². The van der Waals surface area contributed by atoms with Crippen LogP contribution in [-0.4, -0.2) is 12.1 Å². The third-order valence-corrected chi connectivity index (χ3v) is 2.72. The molecule has 0 N–H and O–H groups in total. The Kier molecular flexibility index (Phi) is 7.94. The van der Waals surface area contributed by atoms with Crippen molar-refractivity contribution in [2.24, 2.45) is 5.41 Å². The normalized spacial score (nSPS) is 13.2. The van der Waals surface area contributed by atoms with Crippen LogP contribution in [0.5, 0.6) is 0 Å². The first-order valence-electron chi connectivity index (χ1n) is 6.71. The average Bonchev–Trinajstić information content (AvgIpc) is 2.24. The first kappa shape index (κ1) is 16.2. The molecule has 0 bridgehead atoms. The van der Waals surface area contributed by atoms with E-state index in [0.717, 1.165) is 19.3 Å². The second-order valence-electron chi connectivity index (χ2n) is 5.82. The SMILES string of the molecule is C=CC(CCCCC)OC(=O)CCC(C)(C)C. The van der Waals surface area contributed by atoms with Crippen molar-refractivity contribution in [2.75, 3.05) is 0 Å². The van der Waals surface area contributed by atoms with Crippen LogP contribution in [0.15, 0.2) is 12.7 Å². The fourth-order valence-electron chi connectivity index (χ4n) is 1.53. The maximum Gasteiger partial charge on any atom is 0.306 e. The second-order valence-corrected chi connectivity index (χ2v) is 5.82. The van der Waals surface area contributed by atoms with Gasteiger partial charge >= 0.3 is 5.97 Å². The van der Waals surface area contributed by atoms with Crippen molar-refractivity contribution < 1.29 is 9.53 Å². The van der Waals surface area contributed by atoms with Gasteiger partial charge in [0.15, 0.2) is 0 Å². The van der Waals surface area contributed by atoms with E-state index in [1.54, 1.807) is 6.08 Å². The predicted octanol–water partition coefficient (Wildman–Crippen LogP) is 4.49. The number of carbonyl (C=O) groups excluding carboxylic acids is 1. The van der Waals surface area contributed by atoms with E-state index in [2.05, 4.69) is 34.3 Å². The Morgan fingerprint density at radius 1 is 1.35 bits per heavy atom. The lowest BCUT2D eigenvalue weighted by molar-refractivity contribution is -0.147. The monoisotopic (exact) mass is 240 g/mol. The summed E-state index contributed by atoms with van der Waals surface area (Å²) in [5, 5.41) is 0. The van der Waals surface area contributed by atoms with Gasteiger partial charge in [0.05, 0.1) is 0 Å². The van der Waals surface area contributed by atoms with Crippen LogP contribution in [0.4, 0.5) is 0 Å². The van der Waals surface area contributed by atoms with Crippen LogP contribution in [0.1, 0.15) is 66.2 Å². The Morgan fingerprint density at radius 2 is 2.00 bits per heavy atom. The Balaban J connectivity index is 3.86. The van der Waals surface area contributed by atoms with E-state index in [9.17, 15) is 4.79 Å². The lowest BCUT2D eigenvalue weighted by Crippen LogP contribution is -2.17. The molecule has 0 heterocycles. The van der Waals surface area contributed by atoms with Crippen LogP contribution >= 0.6 is 0 Å². The molecule has 0 saturated carbocycles. The minimum absolute atomic E-state index is 0.0960. The maximum atomic E-state index is 11.6. The summed E-state index contributed by atoms with van der Waals surface area (Å²) in [5.41, 5.74) is 0.185. The highest BCUT2D eigenvalue weighted by Gasteiger charge is 2.15. The smallest absolute Gasteiger partial charge is 0.306 e. The van der Waals surface area contributed by atoms with Crippen molar-refractivity contribution in [2.45, 2.75) is 72.3 Å². The fourth-order valence-corrected chi connectivity index (χ4v) is 1.53. The van der Waals surface area contributed by atoms with E-state index < -0.39 is 0 Å². The average molecular weight is 240 g/mol. The van der Waals surface area contributed by atoms with Crippen molar-refractivity contribution in [3.05, 3.63) is 12.7 Å². The topological polar surface area (TPSA) is 26.3 Å². The first-order valence-corrected chi connectivity index (χ1v) is 6.71. The molecule has 0 amide bonds. The molecule has 1 atom stereocenters. The van der Waals surface area contributed by atoms with Crippen LogP contribution in [0, 0.1) is 5.41 Å². The van der Waals surface area contributed by atoms with Gasteiger partial charge in [-0.25, -0.2) is 0 Å². The number of ether oxygens (including phenoxy) is 1. The van der Waals surface area contributed by atoms with Crippen LogP contribution in [-0.2, 0) is 9.53 Å². The summed E-state index contributed by atoms with van der Waals surface area (Å²) < 4.78 is 5.38. The van der Waals surface area contributed by atoms with E-state index in [4.69, 9.17) is 4.74 Å². The summed E-state index contributed by atoms with van der Waals surface area (Å²) in [6, 6.07) is 0. The lowest BCUT2D eigenvalue weighted by atomic mass is 9.91. The van der Waals surface area contributed by atoms with Crippen LogP contribution in [0.25, 0.3) is 0 Å². The predicted molar refractivity (Wildman–Crippen MR) is 72.9 cm³/mol. The van der Waals surface area contributed by atoms with Gasteiger partial charge in [0, 0.05) is 6.42 Å². The zero-order chi connectivity index (χ0) is 13.3. The van der Waals surface area contributed by atoms with Crippen LogP contribution in [0.3, 0.4) is 0 Å². The van der Waals surface area contributed by atoms with Gasteiger partial charge in [0.1, 0.15) is 6.10 Å². The zero-order valence-electron chi connectivity index (χ0n) is 11.9. The fraction of sp³-hybridized carbons (Fsp3) is 0.800. The lowest BCUT2D eigenvalue weighted by Gasteiger charge is -2.19. The number of rotatable bonds is 8. The van der Waals surface area contributed by atoms with Gasteiger partial charge in [-0.15, -0.1) is 0 Å². The van der Waals surface area contributed by atoms with Gasteiger partial charge < -0.3 is 4.74 Å². The summed E-state index contributed by atoms with van der Waals surface area (Å²) in [6.07, 6.45) is 7.37. The van der Waals surface area contributed by atoms with Crippen LogP contribution in [0.2, 0.25) is 0 Å². The zero-order valence-corrected chi connectivity index (χ0v) is 11.9. The summed E-state index contributed by atoms with van der Waals surface area (Å²) in [5.74, 6) is -0.0960. The molecular formula is C15H28O2. The number of hydrogen-bond donors (Lipinski definition) is 0. The largest absolute Gasteiger partial charge is 0.458 e. The van der Waals surface area contributed by atoms with E-state index >= 15 is 0 Å². The molecule has 0 fully saturated rings. The van der Waals surface area contributed by atoms with E-state index in [0.29, 0.717) is 6.42 Å². The highest BCUT2D eigenvalue weighted by Crippen LogP contribution is 2.21. The minimum atomic E-state index is -0.103. The molecule has 17 heavy (non-hydrogen) atoms. The van der Waals surface area contributed by atoms with Crippen molar-refractivity contribution in [3.63, 3.8) is 0 Å². The molecule has 0 aromatic carbocycles. The third kappa shape index (κ3) is 10.1. The molecule has 0 aromatic heterocycles. The van der Waals surface area contributed by atoms with Crippen molar-refractivity contribution in [1.29, 1.82) is 0 Å². The number of hydrogen-bond acceptors (Lipinski definition) is 2. The Hall–Kier alpha value is -0.790. The van der Waals surface area contributed by atoms with Gasteiger partial charge in [-0.1, -0.05) is 53.2 Å². The van der Waals surface area contributed by atoms with Crippen LogP contribution < -0.4 is 0 Å². The molecular weight excluding hydrogens is 212 g/mol. The van der Waals surface area contributed by atoms with Crippen molar-refractivity contribution >= 4 is 5.97 Å². The van der Waals surface area contributed by atoms with Gasteiger partial charge in [-0.05, 0) is 24.7 Å². The summed E-state index contributed by atoms with van der Waals surface area (Å²) in [4.78, 5) is 11.6. The summed E-state index contributed by atoms with van der Waals surface area (Å²) >= 11 is 0. The molecule has 0 aromatic rings. The summed E-state index contributed by atoms with van der Waals surface area (Å²) in [7, 11) is 0. The molecule has 0 radical (unpaired) electrons. The Morgan fingerprint density at radius 3 is 2.47 bits per heavy atom. The second kappa shape index (κ2) is 8.32. The highest BCUT2D eigenvalue weighted by molar-refractivity contribution is 5.69. The first-order chi connectivity index (χ1) is 7.89. The molecule has 0 spiro atoms. The van der Waals surface area contributed by atoms with Gasteiger partial charge in [-0.3, -0.25) is 4.79 Å². The highest BCUT2D eigenvalue weighted by atomic mass is 16.5. The molecule has 0 aliphatic heterocycles. The minimum Gasteiger partial charge on any atom is -0.458 e. The molecule has 0 rings (SSSR count). The van der Waals surface area contributed by atoms with E-state index in [1.165, 1.54) is 12.8 Å². The Labute approximate surface area is 106 Å². The van der Waals surface area contributed by atoms with Crippen molar-refractivity contribution in [3.8, 4) is 0 Å². The standard InChI is InChI=1S/C15H28O2/c1-6-8-9-10-13(7-2)17-14(16)11-12-15(3,4)5/h7,13H,2,6,8-12H2,1,3-5H3. The number of esters is 1. The molecule has 0 aliphatic rings.